The van der Waals surface area contributed by atoms with E-state index in [-0.39, 0.29) is 24.3 Å². The molecule has 90 valence electrons. The number of nitrogens with one attached hydrogen (secondary N) is 1. The van der Waals surface area contributed by atoms with Gasteiger partial charge in [0, 0.05) is 24.7 Å². The summed E-state index contributed by atoms with van der Waals surface area (Å²) in [6, 6.07) is 3.25. The van der Waals surface area contributed by atoms with Gasteiger partial charge in [0.2, 0.25) is 0 Å². The highest BCUT2D eigenvalue weighted by atomic mass is 35.5. The summed E-state index contributed by atoms with van der Waals surface area (Å²) in [6.07, 6.45) is 1.97. The summed E-state index contributed by atoms with van der Waals surface area (Å²) in [6.45, 7) is 1.72. The van der Waals surface area contributed by atoms with Gasteiger partial charge in [0.25, 0.3) is 0 Å². The first-order valence-corrected chi connectivity index (χ1v) is 5.07. The minimum absolute atomic E-state index is 0. The molecule has 1 saturated heterocycles. The summed E-state index contributed by atoms with van der Waals surface area (Å²) in [5, 5.41) is 3.17. The van der Waals surface area contributed by atoms with Crippen LogP contribution in [0.2, 0.25) is 0 Å². The second kappa shape index (κ2) is 6.01. The lowest BCUT2D eigenvalue weighted by molar-refractivity contribution is 0.166. The van der Waals surface area contributed by atoms with Crippen molar-refractivity contribution in [2.45, 2.75) is 18.9 Å². The zero-order chi connectivity index (χ0) is 10.7. The lowest BCUT2D eigenvalue weighted by atomic mass is 10.1. The maximum Gasteiger partial charge on any atom is 0.129 e. The minimum Gasteiger partial charge on any atom is -0.489 e. The zero-order valence-corrected chi connectivity index (χ0v) is 9.53. The minimum atomic E-state index is -0.603. The molecule has 0 aromatic heterocycles. The Kier molecular flexibility index (Phi) is 4.96. The number of benzene rings is 1. The molecule has 1 fully saturated rings. The van der Waals surface area contributed by atoms with E-state index in [1.807, 2.05) is 0 Å². The van der Waals surface area contributed by atoms with E-state index in [0.717, 1.165) is 32.0 Å². The highest BCUT2D eigenvalue weighted by molar-refractivity contribution is 5.85. The van der Waals surface area contributed by atoms with Crippen molar-refractivity contribution in [1.82, 2.24) is 5.32 Å². The molecule has 1 aromatic carbocycles. The molecule has 1 aliphatic rings. The topological polar surface area (TPSA) is 21.3 Å². The van der Waals surface area contributed by atoms with Crippen LogP contribution in [0.1, 0.15) is 12.8 Å². The fraction of sp³-hybridized carbons (Fsp3) is 0.455. The van der Waals surface area contributed by atoms with Crippen molar-refractivity contribution >= 4 is 12.4 Å². The standard InChI is InChI=1S/C11H13F2NO.ClH/c12-8-4-9(13)6-11(5-8)15-10-2-1-3-14-7-10;/h4-6,10,14H,1-3,7H2;1H. The first-order valence-electron chi connectivity index (χ1n) is 5.07. The Bertz CT molecular complexity index is 323. The summed E-state index contributed by atoms with van der Waals surface area (Å²) in [5.41, 5.74) is 0. The third-order valence-electron chi connectivity index (χ3n) is 2.39. The van der Waals surface area contributed by atoms with E-state index in [1.165, 1.54) is 12.1 Å². The number of piperidine rings is 1. The number of halogens is 3. The van der Waals surface area contributed by atoms with E-state index in [9.17, 15) is 8.78 Å². The molecule has 1 aromatic rings. The molecular weight excluding hydrogens is 236 g/mol. The van der Waals surface area contributed by atoms with Gasteiger partial charge in [-0.2, -0.15) is 0 Å². The van der Waals surface area contributed by atoms with Gasteiger partial charge in [-0.25, -0.2) is 8.78 Å². The van der Waals surface area contributed by atoms with Gasteiger partial charge in [-0.15, -0.1) is 12.4 Å². The van der Waals surface area contributed by atoms with Crippen LogP contribution in [0.3, 0.4) is 0 Å². The maximum absolute atomic E-state index is 12.8. The molecule has 1 unspecified atom stereocenters. The molecular formula is C11H14ClF2NO. The number of hydrogen-bond donors (Lipinski definition) is 1. The lowest BCUT2D eigenvalue weighted by Gasteiger charge is -2.23. The molecule has 16 heavy (non-hydrogen) atoms. The van der Waals surface area contributed by atoms with Crippen molar-refractivity contribution < 1.29 is 13.5 Å². The Labute approximate surface area is 99.4 Å². The van der Waals surface area contributed by atoms with Gasteiger partial charge < -0.3 is 10.1 Å². The van der Waals surface area contributed by atoms with Crippen molar-refractivity contribution in [1.29, 1.82) is 0 Å². The molecule has 2 rings (SSSR count). The molecule has 1 N–H and O–H groups in total. The predicted molar refractivity (Wildman–Crippen MR) is 60.1 cm³/mol. The number of hydrogen-bond acceptors (Lipinski definition) is 2. The smallest absolute Gasteiger partial charge is 0.129 e. The lowest BCUT2D eigenvalue weighted by Crippen LogP contribution is -2.37. The van der Waals surface area contributed by atoms with Crippen molar-refractivity contribution in [3.05, 3.63) is 29.8 Å². The molecule has 0 bridgehead atoms. The summed E-state index contributed by atoms with van der Waals surface area (Å²) >= 11 is 0. The largest absolute Gasteiger partial charge is 0.489 e. The van der Waals surface area contributed by atoms with Crippen LogP contribution in [-0.2, 0) is 0 Å². The van der Waals surface area contributed by atoms with Crippen molar-refractivity contribution in [3.8, 4) is 5.75 Å². The van der Waals surface area contributed by atoms with Crippen LogP contribution in [0.15, 0.2) is 18.2 Å². The van der Waals surface area contributed by atoms with E-state index in [1.54, 1.807) is 0 Å². The predicted octanol–water partition coefficient (Wildman–Crippen LogP) is 2.52. The van der Waals surface area contributed by atoms with Gasteiger partial charge in [-0.3, -0.25) is 0 Å². The molecule has 0 spiro atoms. The van der Waals surface area contributed by atoms with Crippen molar-refractivity contribution in [2.75, 3.05) is 13.1 Å². The fourth-order valence-corrected chi connectivity index (χ4v) is 1.71. The summed E-state index contributed by atoms with van der Waals surface area (Å²) in [5.74, 6) is -0.941. The molecule has 2 nitrogen and oxygen atoms in total. The van der Waals surface area contributed by atoms with Crippen LogP contribution in [0.25, 0.3) is 0 Å². The fourth-order valence-electron chi connectivity index (χ4n) is 1.71. The van der Waals surface area contributed by atoms with Crippen LogP contribution >= 0.6 is 12.4 Å². The van der Waals surface area contributed by atoms with Gasteiger partial charge >= 0.3 is 0 Å². The Morgan fingerprint density at radius 2 is 1.88 bits per heavy atom. The molecule has 5 heteroatoms. The van der Waals surface area contributed by atoms with Gasteiger partial charge in [0.05, 0.1) is 0 Å². The molecule has 1 atom stereocenters. The molecule has 1 heterocycles. The molecule has 1 aliphatic heterocycles. The molecule has 0 aliphatic carbocycles. The van der Waals surface area contributed by atoms with E-state index >= 15 is 0 Å². The average molecular weight is 250 g/mol. The Hall–Kier alpha value is -0.870. The van der Waals surface area contributed by atoms with Crippen LogP contribution < -0.4 is 10.1 Å². The SMILES string of the molecule is Cl.Fc1cc(F)cc(OC2CCCNC2)c1. The Morgan fingerprint density at radius 1 is 1.19 bits per heavy atom. The van der Waals surface area contributed by atoms with Crippen molar-refractivity contribution in [3.63, 3.8) is 0 Å². The van der Waals surface area contributed by atoms with Crippen LogP contribution in [0, 0.1) is 11.6 Å². The third-order valence-corrected chi connectivity index (χ3v) is 2.39. The van der Waals surface area contributed by atoms with E-state index < -0.39 is 11.6 Å². The zero-order valence-electron chi connectivity index (χ0n) is 8.71. The van der Waals surface area contributed by atoms with Crippen LogP contribution in [0.5, 0.6) is 5.75 Å². The van der Waals surface area contributed by atoms with E-state index in [4.69, 9.17) is 4.74 Å². The second-order valence-corrected chi connectivity index (χ2v) is 3.69. The molecule has 0 radical (unpaired) electrons. The summed E-state index contributed by atoms with van der Waals surface area (Å²) in [7, 11) is 0. The number of rotatable bonds is 2. The quantitative estimate of drug-likeness (QED) is 0.870. The number of ether oxygens (including phenoxy) is 1. The maximum atomic E-state index is 12.8. The summed E-state index contributed by atoms with van der Waals surface area (Å²) in [4.78, 5) is 0. The average Bonchev–Trinajstić information content (AvgIpc) is 2.17. The third kappa shape index (κ3) is 3.61. The highest BCUT2D eigenvalue weighted by Crippen LogP contribution is 2.18. The molecule has 0 saturated carbocycles. The van der Waals surface area contributed by atoms with Crippen molar-refractivity contribution in [2.24, 2.45) is 0 Å². The Morgan fingerprint density at radius 3 is 2.44 bits per heavy atom. The van der Waals surface area contributed by atoms with Gasteiger partial charge in [0.15, 0.2) is 0 Å². The summed E-state index contributed by atoms with van der Waals surface area (Å²) < 4.78 is 31.2. The van der Waals surface area contributed by atoms with E-state index in [2.05, 4.69) is 5.32 Å². The van der Waals surface area contributed by atoms with Crippen LogP contribution in [0.4, 0.5) is 8.78 Å². The Balaban J connectivity index is 0.00000128. The van der Waals surface area contributed by atoms with E-state index in [0.29, 0.717) is 0 Å². The first-order chi connectivity index (χ1) is 7.24. The van der Waals surface area contributed by atoms with Gasteiger partial charge in [-0.1, -0.05) is 0 Å². The monoisotopic (exact) mass is 249 g/mol. The van der Waals surface area contributed by atoms with Crippen LogP contribution in [-0.4, -0.2) is 19.2 Å². The van der Waals surface area contributed by atoms with Gasteiger partial charge in [0.1, 0.15) is 23.5 Å². The first kappa shape index (κ1) is 13.2. The highest BCUT2D eigenvalue weighted by Gasteiger charge is 2.14. The molecule has 0 amide bonds. The second-order valence-electron chi connectivity index (χ2n) is 3.69. The normalized spacial score (nSPS) is 20.0. The van der Waals surface area contributed by atoms with Gasteiger partial charge in [-0.05, 0) is 19.4 Å².